The van der Waals surface area contributed by atoms with Crippen LogP contribution in [0.1, 0.15) is 38.9 Å². The van der Waals surface area contributed by atoms with Crippen LogP contribution in [0.5, 0.6) is 5.88 Å². The van der Waals surface area contributed by atoms with E-state index in [9.17, 15) is 14.3 Å². The van der Waals surface area contributed by atoms with Gasteiger partial charge in [-0.05, 0) is 48.0 Å². The number of carboxylic acids is 1. The number of rotatable bonds is 9. The molecule has 9 nitrogen and oxygen atoms in total. The van der Waals surface area contributed by atoms with Gasteiger partial charge >= 0.3 is 5.97 Å². The average Bonchev–Trinajstić information content (AvgIpc) is 3.66. The third kappa shape index (κ3) is 5.88. The van der Waals surface area contributed by atoms with Crippen LogP contribution < -0.4 is 4.74 Å². The van der Waals surface area contributed by atoms with Crippen LogP contribution in [0.4, 0.5) is 17.6 Å². The van der Waals surface area contributed by atoms with Crippen LogP contribution in [-0.4, -0.2) is 52.0 Å². The first-order chi connectivity index (χ1) is 22.2. The molecule has 13 heteroatoms. The number of carboxylic acid groups (broad SMARTS) is 1. The normalized spacial score (nSPS) is 16.1. The Labute approximate surface area is 259 Å². The fourth-order valence-corrected chi connectivity index (χ4v) is 5.43. The molecule has 3 heterocycles. The number of halogens is 4. The van der Waals surface area contributed by atoms with Gasteiger partial charge in [-0.3, -0.25) is 0 Å². The summed E-state index contributed by atoms with van der Waals surface area (Å²) in [6.07, 6.45) is -0.746. The number of methoxy groups -OCH3 is 1. The van der Waals surface area contributed by atoms with E-state index in [-0.39, 0.29) is 82.5 Å². The molecule has 3 aromatic carbocycles. The maximum atomic E-state index is 15.6. The summed E-state index contributed by atoms with van der Waals surface area (Å²) >= 11 is 0. The summed E-state index contributed by atoms with van der Waals surface area (Å²) in [6.45, 7) is 0.153. The number of hydrogen-bond acceptors (Lipinski definition) is 7. The third-order valence-corrected chi connectivity index (χ3v) is 7.74. The number of nitriles is 1. The van der Waals surface area contributed by atoms with Crippen molar-refractivity contribution in [3.63, 3.8) is 0 Å². The molecule has 234 valence electrons. The standard InChI is InChI=1S/C33H24F4N4O5/c1-44-29-16-45-15-28(29)41-27-10-20(33(42)43)9-25(37)32(27)40-30(41)11-19-8-24(36)21(12-23(19)35)26-3-2-4-31(39-26)46-14-18-6-5-17(13-38)7-22(18)34/h2-10,12,28-29H,11,14-16H2,1H3,(H,42,43)/t28-,29+/m0/s1. The molecule has 6 rings (SSSR count). The van der Waals surface area contributed by atoms with E-state index in [0.717, 1.165) is 24.3 Å². The largest absolute Gasteiger partial charge is 0.478 e. The Bertz CT molecular complexity index is 2030. The summed E-state index contributed by atoms with van der Waals surface area (Å²) in [6, 6.07) is 13.8. The smallest absolute Gasteiger partial charge is 0.335 e. The number of nitrogens with zero attached hydrogens (tertiary/aromatic N) is 4. The number of benzene rings is 3. The van der Waals surface area contributed by atoms with Crippen molar-refractivity contribution in [1.29, 1.82) is 5.26 Å². The van der Waals surface area contributed by atoms with Crippen molar-refractivity contribution in [1.82, 2.24) is 14.5 Å². The molecule has 0 bridgehead atoms. The molecule has 2 aromatic heterocycles. The van der Waals surface area contributed by atoms with Gasteiger partial charge in [0.1, 0.15) is 41.5 Å². The highest BCUT2D eigenvalue weighted by Gasteiger charge is 2.34. The molecule has 46 heavy (non-hydrogen) atoms. The van der Waals surface area contributed by atoms with Crippen LogP contribution in [-0.2, 0) is 22.5 Å². The Kier molecular flexibility index (Phi) is 8.40. The first kappa shape index (κ1) is 30.7. The minimum absolute atomic E-state index is 0.0353. The highest BCUT2D eigenvalue weighted by Crippen LogP contribution is 2.33. The molecule has 5 aromatic rings. The summed E-state index contributed by atoms with van der Waals surface area (Å²) in [5.74, 6) is -4.25. The number of hydrogen-bond donors (Lipinski definition) is 1. The molecule has 0 aliphatic carbocycles. The number of aromatic carboxylic acids is 1. The number of aromatic nitrogens is 3. The van der Waals surface area contributed by atoms with Gasteiger partial charge < -0.3 is 23.9 Å². The Morgan fingerprint density at radius 2 is 1.80 bits per heavy atom. The molecule has 0 saturated carbocycles. The number of fused-ring (bicyclic) bond motifs is 1. The average molecular weight is 633 g/mol. The lowest BCUT2D eigenvalue weighted by Gasteiger charge is -2.21. The number of carbonyl (C=O) groups is 1. The van der Waals surface area contributed by atoms with Crippen molar-refractivity contribution in [2.24, 2.45) is 0 Å². The molecule has 0 unspecified atom stereocenters. The molecular weight excluding hydrogens is 608 g/mol. The summed E-state index contributed by atoms with van der Waals surface area (Å²) in [5.41, 5.74) is -0.121. The summed E-state index contributed by atoms with van der Waals surface area (Å²) in [4.78, 5) is 20.3. The Morgan fingerprint density at radius 3 is 2.54 bits per heavy atom. The molecule has 2 atom stereocenters. The van der Waals surface area contributed by atoms with Crippen LogP contribution in [0.3, 0.4) is 0 Å². The zero-order chi connectivity index (χ0) is 32.5. The van der Waals surface area contributed by atoms with Gasteiger partial charge in [-0.2, -0.15) is 5.26 Å². The van der Waals surface area contributed by atoms with Crippen LogP contribution in [0.2, 0.25) is 0 Å². The van der Waals surface area contributed by atoms with Crippen LogP contribution in [0.25, 0.3) is 22.3 Å². The van der Waals surface area contributed by atoms with E-state index >= 15 is 13.2 Å². The predicted molar refractivity (Wildman–Crippen MR) is 155 cm³/mol. The van der Waals surface area contributed by atoms with Crippen molar-refractivity contribution in [3.8, 4) is 23.2 Å². The third-order valence-electron chi connectivity index (χ3n) is 7.74. The molecule has 0 radical (unpaired) electrons. The monoisotopic (exact) mass is 632 g/mol. The molecule has 1 saturated heterocycles. The fourth-order valence-electron chi connectivity index (χ4n) is 5.43. The van der Waals surface area contributed by atoms with Crippen molar-refractivity contribution < 1.29 is 41.7 Å². The van der Waals surface area contributed by atoms with E-state index in [1.807, 2.05) is 6.07 Å². The second-order valence-corrected chi connectivity index (χ2v) is 10.6. The predicted octanol–water partition coefficient (Wildman–Crippen LogP) is 5.98. The molecule has 0 amide bonds. The zero-order valence-corrected chi connectivity index (χ0v) is 24.1. The van der Waals surface area contributed by atoms with E-state index in [1.54, 1.807) is 4.57 Å². The van der Waals surface area contributed by atoms with Gasteiger partial charge in [-0.25, -0.2) is 32.3 Å². The van der Waals surface area contributed by atoms with E-state index in [1.165, 1.54) is 43.5 Å². The Balaban J connectivity index is 1.31. The van der Waals surface area contributed by atoms with E-state index in [4.69, 9.17) is 19.5 Å². The lowest BCUT2D eigenvalue weighted by molar-refractivity contribution is 0.0687. The molecular formula is C33H24F4N4O5. The van der Waals surface area contributed by atoms with Crippen molar-refractivity contribution in [2.45, 2.75) is 25.2 Å². The highest BCUT2D eigenvalue weighted by atomic mass is 19.1. The van der Waals surface area contributed by atoms with E-state index in [2.05, 4.69) is 9.97 Å². The lowest BCUT2D eigenvalue weighted by atomic mass is 10.0. The number of pyridine rings is 1. The van der Waals surface area contributed by atoms with Crippen LogP contribution in [0, 0.1) is 34.6 Å². The Morgan fingerprint density at radius 1 is 1.00 bits per heavy atom. The van der Waals surface area contributed by atoms with E-state index in [0.29, 0.717) is 0 Å². The van der Waals surface area contributed by atoms with Gasteiger partial charge in [0.15, 0.2) is 5.82 Å². The summed E-state index contributed by atoms with van der Waals surface area (Å²) in [5, 5.41) is 18.4. The van der Waals surface area contributed by atoms with Crippen molar-refractivity contribution in [3.05, 3.63) is 112 Å². The minimum atomic E-state index is -1.34. The number of imidazole rings is 1. The van der Waals surface area contributed by atoms with Gasteiger partial charge in [0.05, 0.1) is 47.7 Å². The second kappa shape index (κ2) is 12.6. The lowest BCUT2D eigenvalue weighted by Crippen LogP contribution is -2.26. The molecule has 1 aliphatic heterocycles. The molecule has 1 aliphatic rings. The van der Waals surface area contributed by atoms with Crippen LogP contribution >= 0.6 is 0 Å². The molecule has 0 spiro atoms. The highest BCUT2D eigenvalue weighted by molar-refractivity contribution is 5.93. The maximum Gasteiger partial charge on any atom is 0.335 e. The topological polar surface area (TPSA) is 119 Å². The minimum Gasteiger partial charge on any atom is -0.478 e. The van der Waals surface area contributed by atoms with Crippen molar-refractivity contribution >= 4 is 17.0 Å². The van der Waals surface area contributed by atoms with Crippen molar-refractivity contribution in [2.75, 3.05) is 20.3 Å². The van der Waals surface area contributed by atoms with Gasteiger partial charge in [0, 0.05) is 30.7 Å². The van der Waals surface area contributed by atoms with Crippen LogP contribution in [0.15, 0.2) is 60.7 Å². The summed E-state index contributed by atoms with van der Waals surface area (Å²) < 4.78 is 78.7. The van der Waals surface area contributed by atoms with Gasteiger partial charge in [-0.1, -0.05) is 12.1 Å². The van der Waals surface area contributed by atoms with Gasteiger partial charge in [-0.15, -0.1) is 0 Å². The molecule has 1 fully saturated rings. The number of ether oxygens (including phenoxy) is 3. The first-order valence-electron chi connectivity index (χ1n) is 14.0. The van der Waals surface area contributed by atoms with Gasteiger partial charge in [0.25, 0.3) is 0 Å². The molecule has 1 N–H and O–H groups in total. The summed E-state index contributed by atoms with van der Waals surface area (Å²) in [7, 11) is 1.47. The quantitative estimate of drug-likeness (QED) is 0.197. The fraction of sp³-hybridized carbons (Fsp3) is 0.212. The first-order valence-corrected chi connectivity index (χ1v) is 14.0. The second-order valence-electron chi connectivity index (χ2n) is 10.6. The van der Waals surface area contributed by atoms with E-state index < -0.39 is 41.4 Å². The van der Waals surface area contributed by atoms with Gasteiger partial charge in [0.2, 0.25) is 5.88 Å². The maximum absolute atomic E-state index is 15.6. The SMILES string of the molecule is CO[C@@H]1COC[C@@H]1n1c(Cc2cc(F)c(-c3cccc(OCc4ccc(C#N)cc4F)n3)cc2F)nc2c(F)cc(C(=O)O)cc21. The zero-order valence-electron chi connectivity index (χ0n) is 24.1. The Hall–Kier alpha value is -5.32.